The fourth-order valence-electron chi connectivity index (χ4n) is 2.07. The van der Waals surface area contributed by atoms with Gasteiger partial charge in [0.05, 0.1) is 12.7 Å². The highest BCUT2D eigenvalue weighted by molar-refractivity contribution is 9.09. The summed E-state index contributed by atoms with van der Waals surface area (Å²) in [7, 11) is 0. The van der Waals surface area contributed by atoms with Gasteiger partial charge in [-0.1, -0.05) is 15.9 Å². The normalized spacial score (nSPS) is 25.3. The fraction of sp³-hybridized carbons (Fsp3) is 0.538. The summed E-state index contributed by atoms with van der Waals surface area (Å²) in [5.74, 6) is -0.755. The number of ether oxygens (including phenoxy) is 1. The second-order valence-corrected chi connectivity index (χ2v) is 5.27. The Morgan fingerprint density at radius 2 is 2.22 bits per heavy atom. The van der Waals surface area contributed by atoms with Gasteiger partial charge in [-0.2, -0.15) is 0 Å². The molecule has 2 nitrogen and oxygen atoms in total. The van der Waals surface area contributed by atoms with Gasteiger partial charge >= 0.3 is 0 Å². The first-order valence-corrected chi connectivity index (χ1v) is 7.08. The predicted octanol–water partition coefficient (Wildman–Crippen LogP) is 2.95. The van der Waals surface area contributed by atoms with Crippen LogP contribution in [0.1, 0.15) is 12.5 Å². The van der Waals surface area contributed by atoms with Gasteiger partial charge in [0.1, 0.15) is 11.6 Å². The summed E-state index contributed by atoms with van der Waals surface area (Å²) in [4.78, 5) is 2.12. The molecule has 0 radical (unpaired) electrons. The molecule has 0 saturated carbocycles. The second kappa shape index (κ2) is 6.08. The molecule has 0 aliphatic carbocycles. The Balaban J connectivity index is 2.09. The molecular formula is C13H16BrF2NO. The highest BCUT2D eigenvalue weighted by atomic mass is 79.9. The smallest absolute Gasteiger partial charge is 0.127 e. The molecule has 0 spiro atoms. The zero-order valence-electron chi connectivity index (χ0n) is 10.2. The van der Waals surface area contributed by atoms with Crippen LogP contribution in [0.4, 0.5) is 8.78 Å². The molecule has 2 rings (SSSR count). The van der Waals surface area contributed by atoms with Crippen LogP contribution in [0.3, 0.4) is 0 Å². The van der Waals surface area contributed by atoms with Crippen LogP contribution < -0.4 is 0 Å². The average Bonchev–Trinajstić information content (AvgIpc) is 2.36. The number of hydrogen-bond donors (Lipinski definition) is 0. The van der Waals surface area contributed by atoms with Crippen molar-refractivity contribution in [2.24, 2.45) is 0 Å². The van der Waals surface area contributed by atoms with Crippen LogP contribution in [-0.4, -0.2) is 35.5 Å². The van der Waals surface area contributed by atoms with E-state index in [4.69, 9.17) is 4.74 Å². The van der Waals surface area contributed by atoms with E-state index in [0.29, 0.717) is 18.7 Å². The van der Waals surface area contributed by atoms with E-state index < -0.39 is 5.82 Å². The van der Waals surface area contributed by atoms with Gasteiger partial charge in [0.2, 0.25) is 0 Å². The Morgan fingerprint density at radius 3 is 2.94 bits per heavy atom. The van der Waals surface area contributed by atoms with E-state index >= 15 is 0 Å². The standard InChI is InChI=1S/C13H16BrF2NO/c1-9-8-18-12(5-14)7-17(9)6-10-4-11(15)2-3-13(10)16/h2-4,9,12H,5-8H2,1H3. The minimum Gasteiger partial charge on any atom is -0.374 e. The molecule has 1 heterocycles. The van der Waals surface area contributed by atoms with Crippen molar-refractivity contribution in [3.05, 3.63) is 35.4 Å². The van der Waals surface area contributed by atoms with Gasteiger partial charge in [0.15, 0.2) is 0 Å². The van der Waals surface area contributed by atoms with Gasteiger partial charge < -0.3 is 4.74 Å². The molecule has 5 heteroatoms. The molecule has 18 heavy (non-hydrogen) atoms. The summed E-state index contributed by atoms with van der Waals surface area (Å²) < 4.78 is 32.3. The van der Waals surface area contributed by atoms with Crippen molar-refractivity contribution in [2.45, 2.75) is 25.6 Å². The minimum absolute atomic E-state index is 0.109. The average molecular weight is 320 g/mol. The lowest BCUT2D eigenvalue weighted by Gasteiger charge is -2.37. The fourth-order valence-corrected chi connectivity index (χ4v) is 2.46. The van der Waals surface area contributed by atoms with Crippen LogP contribution in [0.2, 0.25) is 0 Å². The summed E-state index contributed by atoms with van der Waals surface area (Å²) in [6, 6.07) is 3.80. The number of nitrogens with zero attached hydrogens (tertiary/aromatic N) is 1. The molecule has 1 aromatic rings. The first kappa shape index (κ1) is 13.9. The summed E-state index contributed by atoms with van der Waals surface area (Å²) in [6.07, 6.45) is 0.109. The van der Waals surface area contributed by atoms with Crippen LogP contribution in [0.25, 0.3) is 0 Å². The van der Waals surface area contributed by atoms with E-state index in [1.54, 1.807) is 0 Å². The molecule has 1 aliphatic heterocycles. The molecule has 1 aromatic carbocycles. The quantitative estimate of drug-likeness (QED) is 0.794. The van der Waals surface area contributed by atoms with Crippen molar-refractivity contribution in [1.82, 2.24) is 4.90 Å². The highest BCUT2D eigenvalue weighted by Gasteiger charge is 2.26. The number of benzene rings is 1. The summed E-state index contributed by atoms with van der Waals surface area (Å²) in [5, 5.41) is 0.752. The molecule has 2 unspecified atom stereocenters. The molecule has 1 saturated heterocycles. The monoisotopic (exact) mass is 319 g/mol. The molecule has 1 aliphatic rings. The Bertz CT molecular complexity index is 416. The van der Waals surface area contributed by atoms with Crippen molar-refractivity contribution in [2.75, 3.05) is 18.5 Å². The van der Waals surface area contributed by atoms with Gasteiger partial charge in [-0.3, -0.25) is 4.90 Å². The SMILES string of the molecule is CC1COC(CBr)CN1Cc1cc(F)ccc1F. The van der Waals surface area contributed by atoms with Crippen LogP contribution in [0, 0.1) is 11.6 Å². The van der Waals surface area contributed by atoms with E-state index in [-0.39, 0.29) is 18.0 Å². The maximum absolute atomic E-state index is 13.6. The Hall–Kier alpha value is -0.520. The number of morpholine rings is 1. The van der Waals surface area contributed by atoms with E-state index in [1.807, 2.05) is 6.92 Å². The Labute approximate surface area is 114 Å². The lowest BCUT2D eigenvalue weighted by atomic mass is 10.1. The molecule has 2 atom stereocenters. The van der Waals surface area contributed by atoms with Crippen molar-refractivity contribution in [3.63, 3.8) is 0 Å². The summed E-state index contributed by atoms with van der Waals surface area (Å²) in [5.41, 5.74) is 0.400. The molecule has 1 fully saturated rings. The maximum atomic E-state index is 13.6. The number of rotatable bonds is 3. The third-order valence-corrected chi connectivity index (χ3v) is 3.91. The van der Waals surface area contributed by atoms with Crippen LogP contribution in [0.5, 0.6) is 0 Å². The topological polar surface area (TPSA) is 12.5 Å². The predicted molar refractivity (Wildman–Crippen MR) is 69.8 cm³/mol. The van der Waals surface area contributed by atoms with Crippen molar-refractivity contribution in [3.8, 4) is 0 Å². The summed E-state index contributed by atoms with van der Waals surface area (Å²) >= 11 is 3.38. The van der Waals surface area contributed by atoms with Crippen molar-refractivity contribution < 1.29 is 13.5 Å². The van der Waals surface area contributed by atoms with Crippen LogP contribution in [-0.2, 0) is 11.3 Å². The molecule has 100 valence electrons. The van der Waals surface area contributed by atoms with Gasteiger partial charge in [-0.15, -0.1) is 0 Å². The number of alkyl halides is 1. The van der Waals surface area contributed by atoms with E-state index in [1.165, 1.54) is 12.1 Å². The van der Waals surface area contributed by atoms with Gasteiger partial charge in [0.25, 0.3) is 0 Å². The van der Waals surface area contributed by atoms with Gasteiger partial charge in [-0.05, 0) is 25.1 Å². The summed E-state index contributed by atoms with van der Waals surface area (Å²) in [6.45, 7) is 3.79. The van der Waals surface area contributed by atoms with Crippen LogP contribution >= 0.6 is 15.9 Å². The number of halogens is 3. The van der Waals surface area contributed by atoms with Crippen molar-refractivity contribution >= 4 is 15.9 Å². The van der Waals surface area contributed by atoms with Gasteiger partial charge in [0, 0.05) is 30.0 Å². The van der Waals surface area contributed by atoms with E-state index in [0.717, 1.165) is 17.9 Å². The Morgan fingerprint density at radius 1 is 1.44 bits per heavy atom. The van der Waals surface area contributed by atoms with E-state index in [9.17, 15) is 8.78 Å². The van der Waals surface area contributed by atoms with Crippen molar-refractivity contribution in [1.29, 1.82) is 0 Å². The zero-order chi connectivity index (χ0) is 13.1. The highest BCUT2D eigenvalue weighted by Crippen LogP contribution is 2.19. The molecule has 0 N–H and O–H groups in total. The number of hydrogen-bond acceptors (Lipinski definition) is 2. The molecule has 0 aromatic heterocycles. The first-order valence-electron chi connectivity index (χ1n) is 5.95. The molecule has 0 amide bonds. The first-order chi connectivity index (χ1) is 8.60. The largest absolute Gasteiger partial charge is 0.374 e. The maximum Gasteiger partial charge on any atom is 0.127 e. The van der Waals surface area contributed by atoms with E-state index in [2.05, 4.69) is 20.8 Å². The lowest BCUT2D eigenvalue weighted by Crippen LogP contribution is -2.48. The van der Waals surface area contributed by atoms with Crippen LogP contribution in [0.15, 0.2) is 18.2 Å². The minimum atomic E-state index is -0.399. The molecular weight excluding hydrogens is 304 g/mol. The lowest BCUT2D eigenvalue weighted by molar-refractivity contribution is -0.0503. The molecule has 0 bridgehead atoms. The second-order valence-electron chi connectivity index (χ2n) is 4.62. The zero-order valence-corrected chi connectivity index (χ0v) is 11.8. The third kappa shape index (κ3) is 3.28. The third-order valence-electron chi connectivity index (χ3n) is 3.19. The Kier molecular flexibility index (Phi) is 4.70. The van der Waals surface area contributed by atoms with Gasteiger partial charge in [-0.25, -0.2) is 8.78 Å².